The highest BCUT2D eigenvalue weighted by Crippen LogP contribution is 2.34. The summed E-state index contributed by atoms with van der Waals surface area (Å²) in [5, 5.41) is 18.4. The number of nitrogens with one attached hydrogen (secondary N) is 2. The summed E-state index contributed by atoms with van der Waals surface area (Å²) in [6, 6.07) is 4.90. The molecule has 2 aliphatic heterocycles. The lowest BCUT2D eigenvalue weighted by atomic mass is 10.0. The molecular formula is C20H20F3N5O4. The maximum Gasteiger partial charge on any atom is 0.434 e. The van der Waals surface area contributed by atoms with Crippen molar-refractivity contribution in [2.24, 2.45) is 0 Å². The summed E-state index contributed by atoms with van der Waals surface area (Å²) in [6.45, 7) is 1.31. The number of piperazine rings is 1. The molecule has 3 heterocycles. The number of halogens is 3. The Morgan fingerprint density at radius 1 is 1.28 bits per heavy atom. The van der Waals surface area contributed by atoms with E-state index in [1.807, 2.05) is 0 Å². The van der Waals surface area contributed by atoms with Crippen LogP contribution >= 0.6 is 0 Å². The lowest BCUT2D eigenvalue weighted by Crippen LogP contribution is -2.64. The first-order chi connectivity index (χ1) is 15.1. The molecule has 3 amide bonds. The first-order valence-electron chi connectivity index (χ1n) is 9.88. The quantitative estimate of drug-likeness (QED) is 0.625. The summed E-state index contributed by atoms with van der Waals surface area (Å²) in [7, 11) is 0. The summed E-state index contributed by atoms with van der Waals surface area (Å²) in [4.78, 5) is 38.8. The van der Waals surface area contributed by atoms with E-state index in [-0.39, 0.29) is 18.7 Å². The van der Waals surface area contributed by atoms with E-state index >= 15 is 0 Å². The third-order valence-electron chi connectivity index (χ3n) is 5.55. The number of hydrogen-bond donors (Lipinski definition) is 3. The summed E-state index contributed by atoms with van der Waals surface area (Å²) in [5.41, 5.74) is -1.74. The number of rotatable bonds is 4. The summed E-state index contributed by atoms with van der Waals surface area (Å²) in [5.74, 6) is -2.00. The van der Waals surface area contributed by atoms with Gasteiger partial charge in [0.25, 0.3) is 5.91 Å². The average molecular weight is 451 g/mol. The Hall–Kier alpha value is -3.41. The molecule has 2 saturated heterocycles. The van der Waals surface area contributed by atoms with Crippen LogP contribution in [0.15, 0.2) is 36.5 Å². The summed E-state index contributed by atoms with van der Waals surface area (Å²) in [6.07, 6.45) is -5.08. The number of para-hydroxylation sites is 1. The second-order valence-electron chi connectivity index (χ2n) is 7.79. The number of aromatic nitrogens is 2. The number of aliphatic hydroxyl groups excluding tert-OH is 1. The first-order valence-corrected chi connectivity index (χ1v) is 9.88. The molecule has 0 aliphatic carbocycles. The van der Waals surface area contributed by atoms with Crippen molar-refractivity contribution >= 4 is 17.7 Å². The van der Waals surface area contributed by atoms with E-state index in [4.69, 9.17) is 0 Å². The predicted octanol–water partition coefficient (Wildman–Crippen LogP) is 0.470. The lowest BCUT2D eigenvalue weighted by Gasteiger charge is -2.35. The van der Waals surface area contributed by atoms with Gasteiger partial charge in [0.15, 0.2) is 5.69 Å². The fraction of sp³-hybridized carbons (Fsp3) is 0.400. The molecule has 170 valence electrons. The molecule has 4 atom stereocenters. The van der Waals surface area contributed by atoms with Crippen molar-refractivity contribution in [2.75, 3.05) is 6.54 Å². The molecule has 0 spiro atoms. The van der Waals surface area contributed by atoms with Crippen LogP contribution in [0, 0.1) is 0 Å². The Morgan fingerprint density at radius 3 is 2.59 bits per heavy atom. The van der Waals surface area contributed by atoms with E-state index in [0.29, 0.717) is 4.68 Å². The fourth-order valence-corrected chi connectivity index (χ4v) is 4.06. The Bertz CT molecular complexity index is 1050. The zero-order valence-electron chi connectivity index (χ0n) is 16.8. The summed E-state index contributed by atoms with van der Waals surface area (Å²) < 4.78 is 42.0. The van der Waals surface area contributed by atoms with Crippen molar-refractivity contribution in [3.63, 3.8) is 0 Å². The maximum absolute atomic E-state index is 13.8. The molecule has 32 heavy (non-hydrogen) atoms. The van der Waals surface area contributed by atoms with E-state index in [1.165, 1.54) is 24.0 Å². The minimum Gasteiger partial charge on any atom is -0.391 e. The fourth-order valence-electron chi connectivity index (χ4n) is 4.06. The molecule has 9 nitrogen and oxygen atoms in total. The van der Waals surface area contributed by atoms with Crippen molar-refractivity contribution < 1.29 is 32.7 Å². The lowest BCUT2D eigenvalue weighted by molar-refractivity contribution is -0.149. The van der Waals surface area contributed by atoms with E-state index in [2.05, 4.69) is 15.7 Å². The number of nitrogens with zero attached hydrogens (tertiary/aromatic N) is 3. The van der Waals surface area contributed by atoms with Crippen LogP contribution in [0.1, 0.15) is 29.4 Å². The van der Waals surface area contributed by atoms with Crippen LogP contribution in [0.25, 0.3) is 5.69 Å². The van der Waals surface area contributed by atoms with Crippen molar-refractivity contribution in [3.8, 4) is 5.69 Å². The highest BCUT2D eigenvalue weighted by atomic mass is 19.4. The Labute approximate surface area is 180 Å². The Kier molecular flexibility index (Phi) is 5.41. The SMILES string of the molecule is C[C@H](O)[C@H]1NC(=O)[C@@H]2C[C@H](NC(=O)c3cnn(-c4ccccc4)c3C(F)(F)F)CN2C1=O. The molecular weight excluding hydrogens is 431 g/mol. The van der Waals surface area contributed by atoms with Gasteiger partial charge in [-0.15, -0.1) is 0 Å². The third-order valence-corrected chi connectivity index (χ3v) is 5.55. The Morgan fingerprint density at radius 2 is 1.97 bits per heavy atom. The smallest absolute Gasteiger partial charge is 0.391 e. The number of amides is 3. The van der Waals surface area contributed by atoms with Crippen LogP contribution in [-0.2, 0) is 15.8 Å². The molecule has 0 unspecified atom stereocenters. The first kappa shape index (κ1) is 21.8. The normalized spacial score (nSPS) is 24.2. The van der Waals surface area contributed by atoms with E-state index in [1.54, 1.807) is 18.2 Å². The average Bonchev–Trinajstić information content (AvgIpc) is 3.36. The van der Waals surface area contributed by atoms with Crippen molar-refractivity contribution in [1.29, 1.82) is 0 Å². The topological polar surface area (TPSA) is 117 Å². The zero-order chi connectivity index (χ0) is 23.2. The molecule has 0 saturated carbocycles. The minimum atomic E-state index is -4.85. The van der Waals surface area contributed by atoms with Crippen LogP contribution in [0.3, 0.4) is 0 Å². The van der Waals surface area contributed by atoms with Gasteiger partial charge in [-0.1, -0.05) is 18.2 Å². The third kappa shape index (κ3) is 3.81. The van der Waals surface area contributed by atoms with Gasteiger partial charge in [-0.3, -0.25) is 14.4 Å². The summed E-state index contributed by atoms with van der Waals surface area (Å²) >= 11 is 0. The number of carbonyl (C=O) groups is 3. The van der Waals surface area contributed by atoms with E-state index in [9.17, 15) is 32.7 Å². The van der Waals surface area contributed by atoms with Crippen molar-refractivity contribution in [3.05, 3.63) is 47.8 Å². The van der Waals surface area contributed by atoms with Gasteiger partial charge in [0.2, 0.25) is 11.8 Å². The van der Waals surface area contributed by atoms with Gasteiger partial charge >= 0.3 is 6.18 Å². The van der Waals surface area contributed by atoms with Gasteiger partial charge in [0, 0.05) is 12.6 Å². The van der Waals surface area contributed by atoms with Crippen LogP contribution in [0.5, 0.6) is 0 Å². The number of benzene rings is 1. The second kappa shape index (κ2) is 7.93. The number of aliphatic hydroxyl groups is 1. The molecule has 12 heteroatoms. The van der Waals surface area contributed by atoms with Gasteiger partial charge < -0.3 is 20.6 Å². The predicted molar refractivity (Wildman–Crippen MR) is 104 cm³/mol. The maximum atomic E-state index is 13.8. The van der Waals surface area contributed by atoms with Gasteiger partial charge in [0.1, 0.15) is 12.1 Å². The highest BCUT2D eigenvalue weighted by molar-refractivity contribution is 5.99. The van der Waals surface area contributed by atoms with E-state index in [0.717, 1.165) is 6.20 Å². The molecule has 1 aromatic carbocycles. The molecule has 2 aromatic rings. The number of carbonyl (C=O) groups excluding carboxylic acids is 3. The van der Waals surface area contributed by atoms with Crippen LogP contribution in [-0.4, -0.2) is 68.3 Å². The van der Waals surface area contributed by atoms with Gasteiger partial charge in [-0.2, -0.15) is 18.3 Å². The largest absolute Gasteiger partial charge is 0.434 e. The molecule has 1 aromatic heterocycles. The van der Waals surface area contributed by atoms with Crippen LogP contribution < -0.4 is 10.6 Å². The van der Waals surface area contributed by atoms with Gasteiger partial charge in [0.05, 0.1) is 23.6 Å². The Balaban J connectivity index is 1.56. The van der Waals surface area contributed by atoms with E-state index < -0.39 is 59.4 Å². The van der Waals surface area contributed by atoms with Crippen molar-refractivity contribution in [2.45, 2.75) is 43.8 Å². The standard InChI is InChI=1S/C20H20F3N5O4/c1-10(29)15-19(32)27-9-11(7-14(27)18(31)26-15)25-17(30)13-8-24-28(16(13)20(21,22)23)12-5-3-2-4-6-12/h2-6,8,10-11,14-15,29H,7,9H2,1H3,(H,25,30)(H,26,31)/t10-,11-,14-,15+/m0/s1. The molecule has 0 radical (unpaired) electrons. The highest BCUT2D eigenvalue weighted by Gasteiger charge is 2.48. The zero-order valence-corrected chi connectivity index (χ0v) is 16.8. The van der Waals surface area contributed by atoms with Gasteiger partial charge in [-0.05, 0) is 25.5 Å². The minimum absolute atomic E-state index is 0.0457. The second-order valence-corrected chi connectivity index (χ2v) is 7.79. The molecule has 2 fully saturated rings. The van der Waals surface area contributed by atoms with Crippen LogP contribution in [0.4, 0.5) is 13.2 Å². The molecule has 0 bridgehead atoms. The van der Waals surface area contributed by atoms with Gasteiger partial charge in [-0.25, -0.2) is 4.68 Å². The monoisotopic (exact) mass is 451 g/mol. The molecule has 4 rings (SSSR count). The number of alkyl halides is 3. The molecule has 2 aliphatic rings. The van der Waals surface area contributed by atoms with Crippen LogP contribution in [0.2, 0.25) is 0 Å². The number of hydrogen-bond acceptors (Lipinski definition) is 5. The van der Waals surface area contributed by atoms with Crippen molar-refractivity contribution in [1.82, 2.24) is 25.3 Å². The molecule has 3 N–H and O–H groups in total. The number of fused-ring (bicyclic) bond motifs is 1.